The molecular weight excluding hydrogens is 260 g/mol. The third-order valence-electron chi connectivity index (χ3n) is 3.57. The van der Waals surface area contributed by atoms with Crippen LogP contribution in [0.4, 0.5) is 10.5 Å². The highest BCUT2D eigenvalue weighted by molar-refractivity contribution is 5.90. The van der Waals surface area contributed by atoms with Crippen LogP contribution in [0, 0.1) is 0 Å². The lowest BCUT2D eigenvalue weighted by atomic mass is 10.2. The second-order valence-electron chi connectivity index (χ2n) is 4.94. The zero-order chi connectivity index (χ0) is 13.9. The molecule has 6 nitrogen and oxygen atoms in total. The molecule has 20 heavy (non-hydrogen) atoms. The Labute approximate surface area is 117 Å². The van der Waals surface area contributed by atoms with Crippen molar-refractivity contribution in [3.8, 4) is 11.5 Å². The summed E-state index contributed by atoms with van der Waals surface area (Å²) in [4.78, 5) is 14.1. The Morgan fingerprint density at radius 3 is 3.05 bits per heavy atom. The standard InChI is InChI=1S/C14H18N2O4/c1-10-4-6-18-7-5-16(10)14(17)15-11-2-3-12-13(8-11)20-9-19-12/h2-3,8,10H,4-7,9H2,1H3,(H,15,17)/t10-/m0/s1. The Morgan fingerprint density at radius 2 is 2.15 bits per heavy atom. The van der Waals surface area contributed by atoms with Gasteiger partial charge in [0.2, 0.25) is 6.79 Å². The van der Waals surface area contributed by atoms with Gasteiger partial charge in [0, 0.05) is 30.9 Å². The molecule has 2 aliphatic rings. The van der Waals surface area contributed by atoms with E-state index < -0.39 is 0 Å². The lowest BCUT2D eigenvalue weighted by Gasteiger charge is -2.26. The molecule has 0 aromatic heterocycles. The summed E-state index contributed by atoms with van der Waals surface area (Å²) in [6.45, 7) is 4.16. The van der Waals surface area contributed by atoms with Gasteiger partial charge in [-0.25, -0.2) is 4.79 Å². The minimum absolute atomic E-state index is 0.109. The number of amides is 2. The predicted octanol–water partition coefficient (Wildman–Crippen LogP) is 2.06. The average Bonchev–Trinajstić information content (AvgIpc) is 2.79. The van der Waals surface area contributed by atoms with Crippen LogP contribution in [0.5, 0.6) is 11.5 Å². The summed E-state index contributed by atoms with van der Waals surface area (Å²) in [6.07, 6.45) is 0.856. The van der Waals surface area contributed by atoms with Crippen LogP contribution in [-0.4, -0.2) is 43.5 Å². The minimum atomic E-state index is -0.109. The fourth-order valence-electron chi connectivity index (χ4n) is 2.37. The van der Waals surface area contributed by atoms with Crippen molar-refractivity contribution in [2.45, 2.75) is 19.4 Å². The molecule has 1 aromatic rings. The molecule has 1 saturated heterocycles. The van der Waals surface area contributed by atoms with Gasteiger partial charge in [-0.3, -0.25) is 0 Å². The van der Waals surface area contributed by atoms with Gasteiger partial charge in [0.25, 0.3) is 0 Å². The van der Waals surface area contributed by atoms with Gasteiger partial charge in [0.05, 0.1) is 6.61 Å². The topological polar surface area (TPSA) is 60.0 Å². The van der Waals surface area contributed by atoms with Crippen molar-refractivity contribution < 1.29 is 19.0 Å². The summed E-state index contributed by atoms with van der Waals surface area (Å²) in [7, 11) is 0. The molecule has 1 N–H and O–H groups in total. The largest absolute Gasteiger partial charge is 0.454 e. The van der Waals surface area contributed by atoms with Gasteiger partial charge in [0.15, 0.2) is 11.5 Å². The molecule has 2 heterocycles. The number of benzene rings is 1. The van der Waals surface area contributed by atoms with Gasteiger partial charge in [-0.05, 0) is 25.5 Å². The number of carbonyl (C=O) groups is 1. The summed E-state index contributed by atoms with van der Waals surface area (Å²) in [5.41, 5.74) is 0.705. The number of anilines is 1. The minimum Gasteiger partial charge on any atom is -0.454 e. The number of carbonyl (C=O) groups excluding carboxylic acids is 1. The fraction of sp³-hybridized carbons (Fsp3) is 0.500. The number of fused-ring (bicyclic) bond motifs is 1. The number of urea groups is 1. The van der Waals surface area contributed by atoms with Gasteiger partial charge in [-0.15, -0.1) is 0 Å². The summed E-state index contributed by atoms with van der Waals surface area (Å²) in [5, 5.41) is 2.90. The zero-order valence-electron chi connectivity index (χ0n) is 11.4. The van der Waals surface area contributed by atoms with Gasteiger partial charge >= 0.3 is 6.03 Å². The highest BCUT2D eigenvalue weighted by Gasteiger charge is 2.23. The number of rotatable bonds is 1. The first-order chi connectivity index (χ1) is 9.74. The van der Waals surface area contributed by atoms with Crippen LogP contribution < -0.4 is 14.8 Å². The number of nitrogens with one attached hydrogen (secondary N) is 1. The molecule has 0 aliphatic carbocycles. The van der Waals surface area contributed by atoms with Gasteiger partial charge in [-0.2, -0.15) is 0 Å². The summed E-state index contributed by atoms with van der Waals surface area (Å²) in [6, 6.07) is 5.45. The fourth-order valence-corrected chi connectivity index (χ4v) is 2.37. The van der Waals surface area contributed by atoms with Crippen molar-refractivity contribution in [1.82, 2.24) is 4.90 Å². The Morgan fingerprint density at radius 1 is 1.30 bits per heavy atom. The van der Waals surface area contributed by atoms with Crippen molar-refractivity contribution in [2.24, 2.45) is 0 Å². The maximum atomic E-state index is 12.3. The highest BCUT2D eigenvalue weighted by Crippen LogP contribution is 2.34. The first kappa shape index (κ1) is 13.1. The molecule has 108 valence electrons. The van der Waals surface area contributed by atoms with E-state index in [-0.39, 0.29) is 18.9 Å². The third kappa shape index (κ3) is 2.65. The molecule has 1 aromatic carbocycles. The molecule has 0 saturated carbocycles. The van der Waals surface area contributed by atoms with Crippen LogP contribution in [0.25, 0.3) is 0 Å². The molecule has 6 heteroatoms. The molecular formula is C14H18N2O4. The number of hydrogen-bond donors (Lipinski definition) is 1. The predicted molar refractivity (Wildman–Crippen MR) is 73.2 cm³/mol. The van der Waals surface area contributed by atoms with Crippen LogP contribution in [0.1, 0.15) is 13.3 Å². The molecule has 2 amide bonds. The lowest BCUT2D eigenvalue weighted by molar-refractivity contribution is 0.143. The number of hydrogen-bond acceptors (Lipinski definition) is 4. The molecule has 1 fully saturated rings. The Balaban J connectivity index is 1.68. The maximum Gasteiger partial charge on any atom is 0.322 e. The van der Waals surface area contributed by atoms with Crippen molar-refractivity contribution in [3.05, 3.63) is 18.2 Å². The molecule has 1 atom stereocenters. The Bertz CT molecular complexity index is 506. The zero-order valence-corrected chi connectivity index (χ0v) is 11.4. The van der Waals surface area contributed by atoms with Gasteiger partial charge in [-0.1, -0.05) is 0 Å². The van der Waals surface area contributed by atoms with E-state index in [2.05, 4.69) is 5.32 Å². The second-order valence-corrected chi connectivity index (χ2v) is 4.94. The quantitative estimate of drug-likeness (QED) is 0.854. The molecule has 0 radical (unpaired) electrons. The van der Waals surface area contributed by atoms with E-state index in [1.807, 2.05) is 13.0 Å². The highest BCUT2D eigenvalue weighted by atomic mass is 16.7. The monoisotopic (exact) mass is 278 g/mol. The van der Waals surface area contributed by atoms with Crippen molar-refractivity contribution >= 4 is 11.7 Å². The third-order valence-corrected chi connectivity index (χ3v) is 3.57. The molecule has 0 spiro atoms. The van der Waals surface area contributed by atoms with E-state index in [0.29, 0.717) is 36.9 Å². The van der Waals surface area contributed by atoms with E-state index in [1.165, 1.54) is 0 Å². The van der Waals surface area contributed by atoms with Crippen molar-refractivity contribution in [1.29, 1.82) is 0 Å². The summed E-state index contributed by atoms with van der Waals surface area (Å²) >= 11 is 0. The van der Waals surface area contributed by atoms with Gasteiger partial charge in [0.1, 0.15) is 0 Å². The van der Waals surface area contributed by atoms with Crippen LogP contribution >= 0.6 is 0 Å². The van der Waals surface area contributed by atoms with E-state index in [9.17, 15) is 4.79 Å². The first-order valence-electron chi connectivity index (χ1n) is 6.79. The molecule has 2 aliphatic heterocycles. The first-order valence-corrected chi connectivity index (χ1v) is 6.79. The SMILES string of the molecule is C[C@H]1CCOCCN1C(=O)Nc1ccc2c(c1)OCO2. The molecule has 0 bridgehead atoms. The van der Waals surface area contributed by atoms with Crippen LogP contribution in [0.3, 0.4) is 0 Å². The van der Waals surface area contributed by atoms with Crippen LogP contribution in [0.2, 0.25) is 0 Å². The maximum absolute atomic E-state index is 12.3. The number of ether oxygens (including phenoxy) is 3. The Kier molecular flexibility index (Phi) is 3.64. The van der Waals surface area contributed by atoms with Crippen LogP contribution in [-0.2, 0) is 4.74 Å². The van der Waals surface area contributed by atoms with Crippen molar-refractivity contribution in [2.75, 3.05) is 31.9 Å². The van der Waals surface area contributed by atoms with Gasteiger partial charge < -0.3 is 24.4 Å². The Hall–Kier alpha value is -1.95. The lowest BCUT2D eigenvalue weighted by Crippen LogP contribution is -2.42. The smallest absolute Gasteiger partial charge is 0.322 e. The summed E-state index contributed by atoms with van der Waals surface area (Å²) < 4.78 is 15.9. The summed E-state index contributed by atoms with van der Waals surface area (Å²) in [5.74, 6) is 1.37. The molecule has 3 rings (SSSR count). The van der Waals surface area contributed by atoms with Crippen molar-refractivity contribution in [3.63, 3.8) is 0 Å². The average molecular weight is 278 g/mol. The molecule has 0 unspecified atom stereocenters. The second kappa shape index (κ2) is 5.58. The number of nitrogens with zero attached hydrogens (tertiary/aromatic N) is 1. The van der Waals surface area contributed by atoms with E-state index in [0.717, 1.165) is 6.42 Å². The van der Waals surface area contributed by atoms with Crippen LogP contribution in [0.15, 0.2) is 18.2 Å². The van der Waals surface area contributed by atoms with E-state index in [1.54, 1.807) is 17.0 Å². The van der Waals surface area contributed by atoms with E-state index in [4.69, 9.17) is 14.2 Å². The normalized spacial score (nSPS) is 21.4. The van der Waals surface area contributed by atoms with E-state index >= 15 is 0 Å².